The van der Waals surface area contributed by atoms with Crippen LogP contribution in [-0.2, 0) is 21.4 Å². The van der Waals surface area contributed by atoms with E-state index in [0.717, 1.165) is 36.1 Å². The van der Waals surface area contributed by atoms with Crippen LogP contribution >= 0.6 is 0 Å². The van der Waals surface area contributed by atoms with Crippen LogP contribution in [0.1, 0.15) is 29.5 Å². The monoisotopic (exact) mass is 353 g/mol. The van der Waals surface area contributed by atoms with Gasteiger partial charge in [-0.2, -0.15) is 0 Å². The lowest BCUT2D eigenvalue weighted by molar-refractivity contribution is -0.130. The fourth-order valence-corrected chi connectivity index (χ4v) is 3.71. The number of carbonyl (C=O) groups excluding carboxylic acids is 1. The van der Waals surface area contributed by atoms with Gasteiger partial charge in [0.25, 0.3) is 0 Å². The van der Waals surface area contributed by atoms with Crippen molar-refractivity contribution in [3.63, 3.8) is 0 Å². The van der Waals surface area contributed by atoms with E-state index in [4.69, 9.17) is 9.47 Å². The molecule has 1 aliphatic heterocycles. The Hall–Kier alpha value is -2.33. The Bertz CT molecular complexity index is 736. The van der Waals surface area contributed by atoms with Crippen molar-refractivity contribution in [1.29, 1.82) is 0 Å². The maximum absolute atomic E-state index is 13.1. The van der Waals surface area contributed by atoms with Gasteiger partial charge in [-0.1, -0.05) is 48.0 Å². The second-order valence-electron chi connectivity index (χ2n) is 6.88. The first-order valence-corrected chi connectivity index (χ1v) is 9.21. The number of methoxy groups -OCH3 is 1. The molecule has 0 saturated carbocycles. The van der Waals surface area contributed by atoms with E-state index in [1.165, 1.54) is 5.56 Å². The van der Waals surface area contributed by atoms with Crippen LogP contribution < -0.4 is 10.1 Å². The summed E-state index contributed by atoms with van der Waals surface area (Å²) in [4.78, 5) is 13.1. The normalized spacial score (nSPS) is 16.1. The van der Waals surface area contributed by atoms with E-state index >= 15 is 0 Å². The van der Waals surface area contributed by atoms with Crippen molar-refractivity contribution in [2.75, 3.05) is 26.9 Å². The molecule has 4 heteroatoms. The van der Waals surface area contributed by atoms with E-state index in [1.807, 2.05) is 30.3 Å². The van der Waals surface area contributed by atoms with Gasteiger partial charge in [0.15, 0.2) is 0 Å². The van der Waals surface area contributed by atoms with Crippen LogP contribution in [0.25, 0.3) is 0 Å². The van der Waals surface area contributed by atoms with E-state index in [-0.39, 0.29) is 5.91 Å². The van der Waals surface area contributed by atoms with Crippen LogP contribution in [-0.4, -0.2) is 32.8 Å². The molecule has 0 radical (unpaired) electrons. The summed E-state index contributed by atoms with van der Waals surface area (Å²) in [6.07, 6.45) is 2.19. The number of ether oxygens (including phenoxy) is 2. The lowest BCUT2D eigenvalue weighted by Gasteiger charge is -2.36. The van der Waals surface area contributed by atoms with Crippen LogP contribution in [0.3, 0.4) is 0 Å². The second kappa shape index (κ2) is 8.37. The van der Waals surface area contributed by atoms with E-state index in [1.54, 1.807) is 7.11 Å². The van der Waals surface area contributed by atoms with Crippen molar-refractivity contribution in [3.05, 3.63) is 65.2 Å². The van der Waals surface area contributed by atoms with Gasteiger partial charge < -0.3 is 14.8 Å². The third-order valence-corrected chi connectivity index (χ3v) is 5.22. The lowest BCUT2D eigenvalue weighted by Crippen LogP contribution is -2.48. The van der Waals surface area contributed by atoms with Gasteiger partial charge >= 0.3 is 0 Å². The van der Waals surface area contributed by atoms with Crippen molar-refractivity contribution < 1.29 is 14.3 Å². The highest BCUT2D eigenvalue weighted by Gasteiger charge is 2.41. The number of aryl methyl sites for hydroxylation is 1. The number of hydrogen-bond acceptors (Lipinski definition) is 3. The van der Waals surface area contributed by atoms with Gasteiger partial charge in [0.05, 0.1) is 12.5 Å². The average Bonchev–Trinajstić information content (AvgIpc) is 2.69. The number of benzene rings is 2. The SMILES string of the molecule is COc1ccc(C)cc1CCNC(=O)C1(c2ccccc2)CCOCC1. The van der Waals surface area contributed by atoms with Crippen molar-refractivity contribution in [1.82, 2.24) is 5.32 Å². The minimum Gasteiger partial charge on any atom is -0.496 e. The van der Waals surface area contributed by atoms with Crippen molar-refractivity contribution >= 4 is 5.91 Å². The molecule has 1 heterocycles. The molecule has 0 aliphatic carbocycles. The predicted octanol–water partition coefficient (Wildman–Crippen LogP) is 3.41. The zero-order chi connectivity index (χ0) is 18.4. The predicted molar refractivity (Wildman–Crippen MR) is 103 cm³/mol. The maximum atomic E-state index is 13.1. The molecule has 0 atom stereocenters. The third kappa shape index (κ3) is 3.91. The molecule has 1 aliphatic rings. The molecule has 0 bridgehead atoms. The lowest BCUT2D eigenvalue weighted by atomic mass is 9.73. The highest BCUT2D eigenvalue weighted by atomic mass is 16.5. The summed E-state index contributed by atoms with van der Waals surface area (Å²) in [5.74, 6) is 0.965. The molecule has 0 unspecified atom stereocenters. The molecule has 0 aromatic heterocycles. The van der Waals surface area contributed by atoms with Gasteiger partial charge in [0.2, 0.25) is 5.91 Å². The molecule has 1 fully saturated rings. The summed E-state index contributed by atoms with van der Waals surface area (Å²) in [5, 5.41) is 3.16. The summed E-state index contributed by atoms with van der Waals surface area (Å²) < 4.78 is 11.0. The number of amides is 1. The van der Waals surface area contributed by atoms with E-state index < -0.39 is 5.41 Å². The van der Waals surface area contributed by atoms with Gasteiger partial charge in [-0.15, -0.1) is 0 Å². The first-order chi connectivity index (χ1) is 12.7. The molecule has 2 aromatic rings. The molecule has 1 saturated heterocycles. The van der Waals surface area contributed by atoms with Crippen LogP contribution in [0.4, 0.5) is 0 Å². The Balaban J connectivity index is 1.70. The van der Waals surface area contributed by atoms with Gasteiger partial charge in [-0.25, -0.2) is 0 Å². The summed E-state index contributed by atoms with van der Waals surface area (Å²) in [5.41, 5.74) is 2.90. The topological polar surface area (TPSA) is 47.6 Å². The fourth-order valence-electron chi connectivity index (χ4n) is 3.71. The fraction of sp³-hybridized carbons (Fsp3) is 0.409. The number of rotatable bonds is 6. The second-order valence-corrected chi connectivity index (χ2v) is 6.88. The maximum Gasteiger partial charge on any atom is 0.230 e. The molecule has 4 nitrogen and oxygen atoms in total. The number of nitrogens with one attached hydrogen (secondary N) is 1. The number of carbonyl (C=O) groups is 1. The Labute approximate surface area is 155 Å². The Morgan fingerprint density at radius 3 is 2.58 bits per heavy atom. The van der Waals surface area contributed by atoms with Gasteiger partial charge in [0.1, 0.15) is 5.75 Å². The van der Waals surface area contributed by atoms with Crippen LogP contribution in [0.5, 0.6) is 5.75 Å². The van der Waals surface area contributed by atoms with E-state index in [9.17, 15) is 4.79 Å². The Morgan fingerprint density at radius 2 is 1.88 bits per heavy atom. The zero-order valence-corrected chi connectivity index (χ0v) is 15.6. The summed E-state index contributed by atoms with van der Waals surface area (Å²) in [6, 6.07) is 16.2. The molecule has 26 heavy (non-hydrogen) atoms. The first-order valence-electron chi connectivity index (χ1n) is 9.21. The van der Waals surface area contributed by atoms with Gasteiger partial charge in [-0.05, 0) is 43.4 Å². The molecule has 2 aromatic carbocycles. The average molecular weight is 353 g/mol. The first kappa shape index (κ1) is 18.5. The highest BCUT2D eigenvalue weighted by Crippen LogP contribution is 2.35. The van der Waals surface area contributed by atoms with Crippen molar-refractivity contribution in [3.8, 4) is 5.75 Å². The summed E-state index contributed by atoms with van der Waals surface area (Å²) in [7, 11) is 1.68. The molecule has 3 rings (SSSR count). The van der Waals surface area contributed by atoms with E-state index in [2.05, 4.69) is 30.4 Å². The molecule has 0 spiro atoms. The Morgan fingerprint density at radius 1 is 1.15 bits per heavy atom. The van der Waals surface area contributed by atoms with Crippen molar-refractivity contribution in [2.45, 2.75) is 31.6 Å². The molecule has 138 valence electrons. The number of hydrogen-bond donors (Lipinski definition) is 1. The Kier molecular flexibility index (Phi) is 5.94. The van der Waals surface area contributed by atoms with Crippen LogP contribution in [0, 0.1) is 6.92 Å². The molecule has 1 N–H and O–H groups in total. The largest absolute Gasteiger partial charge is 0.496 e. The van der Waals surface area contributed by atoms with Gasteiger partial charge in [0, 0.05) is 19.8 Å². The van der Waals surface area contributed by atoms with E-state index in [0.29, 0.717) is 19.8 Å². The summed E-state index contributed by atoms with van der Waals surface area (Å²) >= 11 is 0. The van der Waals surface area contributed by atoms with Crippen LogP contribution in [0.2, 0.25) is 0 Å². The molecular formula is C22H27NO3. The zero-order valence-electron chi connectivity index (χ0n) is 15.6. The molecular weight excluding hydrogens is 326 g/mol. The summed E-state index contributed by atoms with van der Waals surface area (Å²) in [6.45, 7) is 3.89. The highest BCUT2D eigenvalue weighted by molar-refractivity contribution is 5.88. The molecule has 1 amide bonds. The van der Waals surface area contributed by atoms with Gasteiger partial charge in [-0.3, -0.25) is 4.79 Å². The third-order valence-electron chi connectivity index (χ3n) is 5.22. The minimum absolute atomic E-state index is 0.0959. The smallest absolute Gasteiger partial charge is 0.230 e. The minimum atomic E-state index is -0.490. The van der Waals surface area contributed by atoms with Crippen LogP contribution in [0.15, 0.2) is 48.5 Å². The standard InChI is InChI=1S/C22H27NO3/c1-17-8-9-20(25-2)18(16-17)10-13-23-21(24)22(11-14-26-15-12-22)19-6-4-3-5-7-19/h3-9,16H,10-15H2,1-2H3,(H,23,24). The van der Waals surface area contributed by atoms with Crippen molar-refractivity contribution in [2.24, 2.45) is 0 Å². The quantitative estimate of drug-likeness (QED) is 0.866.